The largest absolute Gasteiger partial charge is 0.331 e. The van der Waals surface area contributed by atoms with E-state index in [-0.39, 0.29) is 11.9 Å². The van der Waals surface area contributed by atoms with Crippen molar-refractivity contribution in [2.24, 2.45) is 0 Å². The maximum absolute atomic E-state index is 12.0. The van der Waals surface area contributed by atoms with E-state index in [1.54, 1.807) is 19.0 Å². The van der Waals surface area contributed by atoms with Crippen LogP contribution < -0.4 is 5.32 Å². The van der Waals surface area contributed by atoms with E-state index in [0.717, 1.165) is 23.2 Å². The first-order chi connectivity index (χ1) is 11.0. The van der Waals surface area contributed by atoms with E-state index in [2.05, 4.69) is 26.1 Å². The number of carbonyl (C=O) groups is 2. The Balaban J connectivity index is 1.69. The summed E-state index contributed by atoms with van der Waals surface area (Å²) >= 11 is 3.37. The van der Waals surface area contributed by atoms with Gasteiger partial charge in [0.25, 0.3) is 0 Å². The second kappa shape index (κ2) is 8.31. The van der Waals surface area contributed by atoms with Gasteiger partial charge in [-0.15, -0.1) is 0 Å². The fourth-order valence-electron chi connectivity index (χ4n) is 2.46. The Labute approximate surface area is 145 Å². The molecule has 6 nitrogen and oxygen atoms in total. The summed E-state index contributed by atoms with van der Waals surface area (Å²) in [6.07, 6.45) is 0.456. The average Bonchev–Trinajstić information content (AvgIpc) is 2.55. The quantitative estimate of drug-likeness (QED) is 0.866. The minimum Gasteiger partial charge on any atom is -0.331 e. The van der Waals surface area contributed by atoms with Crippen LogP contribution in [0.1, 0.15) is 6.42 Å². The summed E-state index contributed by atoms with van der Waals surface area (Å²) in [4.78, 5) is 29.5. The fraction of sp³-hybridized carbons (Fsp3) is 0.500. The van der Waals surface area contributed by atoms with E-state index in [9.17, 15) is 9.59 Å². The van der Waals surface area contributed by atoms with Crippen LogP contribution >= 0.6 is 15.9 Å². The van der Waals surface area contributed by atoms with Crippen LogP contribution in [0.5, 0.6) is 0 Å². The number of benzene rings is 1. The third-order valence-corrected chi connectivity index (χ3v) is 4.34. The van der Waals surface area contributed by atoms with Crippen molar-refractivity contribution in [3.8, 4) is 0 Å². The number of urea groups is 1. The summed E-state index contributed by atoms with van der Waals surface area (Å²) in [5, 5.41) is 2.89. The molecule has 0 radical (unpaired) electrons. The van der Waals surface area contributed by atoms with Gasteiger partial charge in [-0.05, 0) is 24.3 Å². The first-order valence-corrected chi connectivity index (χ1v) is 8.49. The molecule has 1 aliphatic heterocycles. The van der Waals surface area contributed by atoms with Crippen molar-refractivity contribution >= 4 is 33.6 Å². The maximum Gasteiger partial charge on any atom is 0.319 e. The number of carbonyl (C=O) groups excluding carboxylic acids is 2. The molecule has 0 unspecified atom stereocenters. The molecular formula is C16H23BrN4O2. The first-order valence-electron chi connectivity index (χ1n) is 7.69. The molecule has 1 fully saturated rings. The molecule has 0 spiro atoms. The lowest BCUT2D eigenvalue weighted by atomic mass is 10.2. The lowest BCUT2D eigenvalue weighted by Gasteiger charge is -2.35. The monoisotopic (exact) mass is 382 g/mol. The lowest BCUT2D eigenvalue weighted by molar-refractivity contribution is -0.116. The van der Waals surface area contributed by atoms with E-state index in [0.29, 0.717) is 26.1 Å². The highest BCUT2D eigenvalue weighted by molar-refractivity contribution is 9.10. The van der Waals surface area contributed by atoms with Crippen LogP contribution in [0.2, 0.25) is 0 Å². The number of hydrogen-bond donors (Lipinski definition) is 1. The topological polar surface area (TPSA) is 55.9 Å². The standard InChI is InChI=1S/C16H23BrN4O2/c1-19(2)16(23)21-11-9-20(10-12-21)8-7-15(22)18-14-5-3-13(17)4-6-14/h3-6H,7-12H2,1-2H3,(H,18,22). The number of nitrogens with one attached hydrogen (secondary N) is 1. The van der Waals surface area contributed by atoms with Gasteiger partial charge < -0.3 is 15.1 Å². The van der Waals surface area contributed by atoms with Gasteiger partial charge in [-0.25, -0.2) is 4.79 Å². The van der Waals surface area contributed by atoms with Gasteiger partial charge in [-0.2, -0.15) is 0 Å². The number of amides is 3. The summed E-state index contributed by atoms with van der Waals surface area (Å²) in [6, 6.07) is 7.59. The SMILES string of the molecule is CN(C)C(=O)N1CCN(CCC(=O)Nc2ccc(Br)cc2)CC1. The molecule has 2 rings (SSSR count). The fourth-order valence-corrected chi connectivity index (χ4v) is 2.73. The highest BCUT2D eigenvalue weighted by atomic mass is 79.9. The lowest BCUT2D eigenvalue weighted by Crippen LogP contribution is -2.51. The molecule has 7 heteroatoms. The van der Waals surface area contributed by atoms with Gasteiger partial charge in [-0.1, -0.05) is 15.9 Å². The first kappa shape index (κ1) is 17.7. The number of nitrogens with zero attached hydrogens (tertiary/aromatic N) is 3. The molecule has 0 saturated carbocycles. The van der Waals surface area contributed by atoms with Crippen molar-refractivity contribution in [2.75, 3.05) is 52.1 Å². The molecule has 0 bridgehead atoms. The Bertz CT molecular complexity index is 540. The molecule has 1 heterocycles. The number of hydrogen-bond acceptors (Lipinski definition) is 3. The minimum absolute atomic E-state index is 0.0131. The van der Waals surface area contributed by atoms with Crippen LogP contribution in [0.3, 0.4) is 0 Å². The zero-order valence-corrected chi connectivity index (χ0v) is 15.2. The Morgan fingerprint density at radius 3 is 2.30 bits per heavy atom. The van der Waals surface area contributed by atoms with Crippen LogP contribution in [0.25, 0.3) is 0 Å². The third kappa shape index (κ3) is 5.51. The van der Waals surface area contributed by atoms with Gasteiger partial charge in [0.1, 0.15) is 0 Å². The highest BCUT2D eigenvalue weighted by Crippen LogP contribution is 2.14. The molecule has 1 aromatic rings. The van der Waals surface area contributed by atoms with Crippen LogP contribution in [0.4, 0.5) is 10.5 Å². The second-order valence-corrected chi connectivity index (χ2v) is 6.73. The van der Waals surface area contributed by atoms with Crippen LogP contribution in [-0.4, -0.2) is 73.5 Å². The van der Waals surface area contributed by atoms with E-state index in [1.807, 2.05) is 29.2 Å². The molecule has 23 heavy (non-hydrogen) atoms. The number of rotatable bonds is 4. The zero-order chi connectivity index (χ0) is 16.8. The molecular weight excluding hydrogens is 360 g/mol. The number of piperazine rings is 1. The summed E-state index contributed by atoms with van der Waals surface area (Å²) in [6.45, 7) is 3.76. The molecule has 0 aromatic heterocycles. The van der Waals surface area contributed by atoms with Crippen molar-refractivity contribution in [3.63, 3.8) is 0 Å². The van der Waals surface area contributed by atoms with Gasteiger partial charge in [0, 0.05) is 63.4 Å². The Hall–Kier alpha value is -1.60. The average molecular weight is 383 g/mol. The van der Waals surface area contributed by atoms with Crippen molar-refractivity contribution in [3.05, 3.63) is 28.7 Å². The van der Waals surface area contributed by atoms with Crippen LogP contribution in [0.15, 0.2) is 28.7 Å². The minimum atomic E-state index is 0.0131. The van der Waals surface area contributed by atoms with Crippen molar-refractivity contribution in [2.45, 2.75) is 6.42 Å². The van der Waals surface area contributed by atoms with Gasteiger partial charge >= 0.3 is 6.03 Å². The summed E-state index contributed by atoms with van der Waals surface area (Å²) < 4.78 is 0.987. The van der Waals surface area contributed by atoms with E-state index in [4.69, 9.17) is 0 Å². The maximum atomic E-state index is 12.0. The van der Waals surface area contributed by atoms with Gasteiger partial charge in [0.05, 0.1) is 0 Å². The van der Waals surface area contributed by atoms with E-state index in [1.165, 1.54) is 0 Å². The molecule has 1 saturated heterocycles. The molecule has 0 atom stereocenters. The smallest absolute Gasteiger partial charge is 0.319 e. The predicted octanol–water partition coefficient (Wildman–Crippen LogP) is 2.08. The summed E-state index contributed by atoms with van der Waals surface area (Å²) in [5.41, 5.74) is 0.805. The third-order valence-electron chi connectivity index (χ3n) is 3.81. The van der Waals surface area contributed by atoms with Crippen LogP contribution in [-0.2, 0) is 4.79 Å². The van der Waals surface area contributed by atoms with Crippen molar-refractivity contribution < 1.29 is 9.59 Å². The summed E-state index contributed by atoms with van der Waals surface area (Å²) in [5.74, 6) is 0.0131. The highest BCUT2D eigenvalue weighted by Gasteiger charge is 2.22. The van der Waals surface area contributed by atoms with Crippen LogP contribution in [0, 0.1) is 0 Å². The molecule has 0 aliphatic carbocycles. The molecule has 1 aliphatic rings. The number of anilines is 1. The van der Waals surface area contributed by atoms with Crippen molar-refractivity contribution in [1.29, 1.82) is 0 Å². The van der Waals surface area contributed by atoms with E-state index >= 15 is 0 Å². The van der Waals surface area contributed by atoms with Gasteiger partial charge in [0.15, 0.2) is 0 Å². The van der Waals surface area contributed by atoms with Crippen molar-refractivity contribution in [1.82, 2.24) is 14.7 Å². The zero-order valence-electron chi connectivity index (χ0n) is 13.6. The van der Waals surface area contributed by atoms with Gasteiger partial charge in [0.2, 0.25) is 5.91 Å². The van der Waals surface area contributed by atoms with E-state index < -0.39 is 0 Å². The normalized spacial score (nSPS) is 15.3. The molecule has 126 valence electrons. The Morgan fingerprint density at radius 1 is 1.13 bits per heavy atom. The predicted molar refractivity (Wildman–Crippen MR) is 94.5 cm³/mol. The molecule has 3 amide bonds. The molecule has 1 N–H and O–H groups in total. The Kier molecular flexibility index (Phi) is 6.41. The van der Waals surface area contributed by atoms with Gasteiger partial charge in [-0.3, -0.25) is 9.69 Å². The Morgan fingerprint density at radius 2 is 1.74 bits per heavy atom. The molecule has 1 aromatic carbocycles. The second-order valence-electron chi connectivity index (χ2n) is 5.81. The number of halogens is 1. The summed E-state index contributed by atoms with van der Waals surface area (Å²) in [7, 11) is 3.53.